The molecule has 112 valence electrons. The number of rotatable bonds is 2. The lowest BCUT2D eigenvalue weighted by Gasteiger charge is -2.36. The first-order valence-corrected chi connectivity index (χ1v) is 8.40. The number of carbonyl (C=O) groups excluding carboxylic acids is 2. The average Bonchev–Trinajstić information content (AvgIpc) is 2.75. The molecule has 0 N–H and O–H groups in total. The predicted octanol–water partition coefficient (Wildman–Crippen LogP) is -0.261. The van der Waals surface area contributed by atoms with Crippen molar-refractivity contribution in [3.05, 3.63) is 0 Å². The summed E-state index contributed by atoms with van der Waals surface area (Å²) in [6.45, 7) is 1.42. The van der Waals surface area contributed by atoms with E-state index >= 15 is 0 Å². The first-order chi connectivity index (χ1) is 9.50. The number of fused-ring (bicyclic) bond motifs is 1. The van der Waals surface area contributed by atoms with Crippen LogP contribution in [0.4, 0.5) is 0 Å². The molecule has 0 aromatic carbocycles. The maximum atomic E-state index is 12.5. The molecular weight excluding hydrogens is 284 g/mol. The van der Waals surface area contributed by atoms with Crippen molar-refractivity contribution in [1.29, 1.82) is 0 Å². The molecular formula is C12H18N2O5S. The van der Waals surface area contributed by atoms with Gasteiger partial charge in [-0.1, -0.05) is 6.42 Å². The van der Waals surface area contributed by atoms with Crippen LogP contribution in [0.5, 0.6) is 0 Å². The Morgan fingerprint density at radius 3 is 2.25 bits per heavy atom. The molecule has 3 heterocycles. The Morgan fingerprint density at radius 2 is 1.55 bits per heavy atom. The molecule has 0 aliphatic carbocycles. The van der Waals surface area contributed by atoms with Gasteiger partial charge in [-0.15, -0.1) is 0 Å². The van der Waals surface area contributed by atoms with E-state index in [1.165, 1.54) is 8.61 Å². The molecule has 2 unspecified atom stereocenters. The van der Waals surface area contributed by atoms with Crippen LogP contribution < -0.4 is 0 Å². The second-order valence-electron chi connectivity index (χ2n) is 5.57. The maximum absolute atomic E-state index is 12.5. The Labute approximate surface area is 118 Å². The van der Waals surface area contributed by atoms with Crippen LogP contribution in [0.25, 0.3) is 0 Å². The summed E-state index contributed by atoms with van der Waals surface area (Å²) in [6, 6.07) is 0. The molecule has 2 atom stereocenters. The topological polar surface area (TPSA) is 84.0 Å². The number of hydrogen-bond donors (Lipinski definition) is 0. The van der Waals surface area contributed by atoms with Crippen LogP contribution in [0, 0.1) is 11.8 Å². The maximum Gasteiger partial charge on any atom is 0.318 e. The Balaban J connectivity index is 1.75. The van der Waals surface area contributed by atoms with Crippen LogP contribution in [0.3, 0.4) is 0 Å². The van der Waals surface area contributed by atoms with Crippen molar-refractivity contribution in [3.8, 4) is 0 Å². The fourth-order valence-electron chi connectivity index (χ4n) is 3.16. The van der Waals surface area contributed by atoms with E-state index in [9.17, 15) is 18.0 Å². The minimum absolute atomic E-state index is 0.0636. The fraction of sp³-hybridized carbons (Fsp3) is 0.833. The minimum atomic E-state index is -3.52. The highest BCUT2D eigenvalue weighted by Gasteiger charge is 2.49. The third kappa shape index (κ3) is 2.25. The SMILES string of the molecule is O=C1OC(=O)C2CN(S(=O)(=O)N3CCCCC3)CCC12. The Bertz CT molecular complexity index is 526. The zero-order valence-electron chi connectivity index (χ0n) is 11.2. The molecule has 0 spiro atoms. The van der Waals surface area contributed by atoms with Crippen molar-refractivity contribution in [2.45, 2.75) is 25.7 Å². The van der Waals surface area contributed by atoms with Gasteiger partial charge in [-0.2, -0.15) is 17.0 Å². The minimum Gasteiger partial charge on any atom is -0.393 e. The van der Waals surface area contributed by atoms with Crippen LogP contribution in [-0.2, 0) is 24.5 Å². The standard InChI is InChI=1S/C12H18N2O5S/c15-11-9-4-7-14(8-10(9)12(16)19-11)20(17,18)13-5-2-1-3-6-13/h9-10H,1-8H2. The fourth-order valence-corrected chi connectivity index (χ4v) is 4.89. The van der Waals surface area contributed by atoms with E-state index in [1.54, 1.807) is 0 Å². The van der Waals surface area contributed by atoms with Gasteiger partial charge >= 0.3 is 11.9 Å². The molecule has 3 aliphatic rings. The van der Waals surface area contributed by atoms with Gasteiger partial charge in [-0.25, -0.2) is 0 Å². The van der Waals surface area contributed by atoms with E-state index in [0.29, 0.717) is 19.5 Å². The predicted molar refractivity (Wildman–Crippen MR) is 68.6 cm³/mol. The molecule has 0 bridgehead atoms. The number of ether oxygens (including phenoxy) is 1. The van der Waals surface area contributed by atoms with Crippen LogP contribution >= 0.6 is 0 Å². The van der Waals surface area contributed by atoms with Crippen molar-refractivity contribution in [2.75, 3.05) is 26.2 Å². The summed E-state index contributed by atoms with van der Waals surface area (Å²) in [7, 11) is -3.52. The number of hydrogen-bond acceptors (Lipinski definition) is 5. The van der Waals surface area contributed by atoms with Gasteiger partial charge < -0.3 is 4.74 Å². The van der Waals surface area contributed by atoms with Crippen molar-refractivity contribution in [2.24, 2.45) is 11.8 Å². The summed E-state index contributed by atoms with van der Waals surface area (Å²) in [6.07, 6.45) is 3.17. The monoisotopic (exact) mass is 302 g/mol. The number of carbonyl (C=O) groups is 2. The van der Waals surface area contributed by atoms with Gasteiger partial charge in [0.2, 0.25) is 0 Å². The number of cyclic esters (lactones) is 2. The molecule has 20 heavy (non-hydrogen) atoms. The van der Waals surface area contributed by atoms with Crippen molar-refractivity contribution in [1.82, 2.24) is 8.61 Å². The highest BCUT2D eigenvalue weighted by Crippen LogP contribution is 2.33. The molecule has 7 nitrogen and oxygen atoms in total. The van der Waals surface area contributed by atoms with Gasteiger partial charge in [0.1, 0.15) is 0 Å². The first kappa shape index (κ1) is 14.0. The van der Waals surface area contributed by atoms with Crippen molar-refractivity contribution < 1.29 is 22.7 Å². The normalized spacial score (nSPS) is 33.0. The smallest absolute Gasteiger partial charge is 0.318 e. The second kappa shape index (κ2) is 5.09. The summed E-state index contributed by atoms with van der Waals surface area (Å²) in [4.78, 5) is 23.0. The molecule has 0 amide bonds. The summed E-state index contributed by atoms with van der Waals surface area (Å²) in [5.74, 6) is -2.18. The van der Waals surface area contributed by atoms with Gasteiger partial charge in [0.05, 0.1) is 11.8 Å². The lowest BCUT2D eigenvalue weighted by molar-refractivity contribution is -0.153. The Kier molecular flexibility index (Phi) is 3.55. The second-order valence-corrected chi connectivity index (χ2v) is 7.50. The lowest BCUT2D eigenvalue weighted by atomic mass is 9.89. The van der Waals surface area contributed by atoms with E-state index in [2.05, 4.69) is 4.74 Å². The van der Waals surface area contributed by atoms with Gasteiger partial charge in [-0.05, 0) is 19.3 Å². The average molecular weight is 302 g/mol. The van der Waals surface area contributed by atoms with Crippen molar-refractivity contribution in [3.63, 3.8) is 0 Å². The molecule has 8 heteroatoms. The van der Waals surface area contributed by atoms with Crippen LogP contribution in [0.1, 0.15) is 25.7 Å². The number of esters is 2. The summed E-state index contributed by atoms with van der Waals surface area (Å²) in [5, 5.41) is 0. The highest BCUT2D eigenvalue weighted by atomic mass is 32.2. The summed E-state index contributed by atoms with van der Waals surface area (Å²) >= 11 is 0. The Hall–Kier alpha value is -0.990. The van der Waals surface area contributed by atoms with Gasteiger partial charge in [-0.3, -0.25) is 9.59 Å². The molecule has 0 radical (unpaired) electrons. The quantitative estimate of drug-likeness (QED) is 0.518. The third-order valence-electron chi connectivity index (χ3n) is 4.35. The van der Waals surface area contributed by atoms with E-state index in [4.69, 9.17) is 0 Å². The molecule has 3 saturated heterocycles. The van der Waals surface area contributed by atoms with E-state index in [0.717, 1.165) is 19.3 Å². The van der Waals surface area contributed by atoms with Gasteiger partial charge in [0, 0.05) is 26.2 Å². The summed E-state index contributed by atoms with van der Waals surface area (Å²) in [5.41, 5.74) is 0. The molecule has 3 rings (SSSR count). The van der Waals surface area contributed by atoms with Crippen LogP contribution in [0.15, 0.2) is 0 Å². The number of nitrogens with zero attached hydrogens (tertiary/aromatic N) is 2. The molecule has 0 aromatic heterocycles. The molecule has 3 aliphatic heterocycles. The Morgan fingerprint density at radius 1 is 0.900 bits per heavy atom. The molecule has 0 aromatic rings. The van der Waals surface area contributed by atoms with E-state index < -0.39 is 34.0 Å². The van der Waals surface area contributed by atoms with Gasteiger partial charge in [0.25, 0.3) is 10.2 Å². The largest absolute Gasteiger partial charge is 0.393 e. The van der Waals surface area contributed by atoms with E-state index in [1.807, 2.05) is 0 Å². The lowest BCUT2D eigenvalue weighted by Crippen LogP contribution is -2.51. The highest BCUT2D eigenvalue weighted by molar-refractivity contribution is 7.86. The molecule has 0 saturated carbocycles. The summed E-state index contributed by atoms with van der Waals surface area (Å²) < 4.78 is 32.5. The first-order valence-electron chi connectivity index (χ1n) is 7.01. The van der Waals surface area contributed by atoms with Crippen LogP contribution in [-0.4, -0.2) is 55.1 Å². The van der Waals surface area contributed by atoms with Gasteiger partial charge in [0.15, 0.2) is 0 Å². The zero-order valence-corrected chi connectivity index (χ0v) is 12.0. The third-order valence-corrected chi connectivity index (χ3v) is 6.35. The van der Waals surface area contributed by atoms with Crippen molar-refractivity contribution >= 4 is 22.1 Å². The zero-order chi connectivity index (χ0) is 14.3. The van der Waals surface area contributed by atoms with E-state index in [-0.39, 0.29) is 13.1 Å². The van der Waals surface area contributed by atoms with Crippen LogP contribution in [0.2, 0.25) is 0 Å². The number of piperidine rings is 2. The molecule has 3 fully saturated rings.